The third-order valence-corrected chi connectivity index (χ3v) is 5.58. The Hall–Kier alpha value is -2.37. The molecular formula is C23H29N3O2. The van der Waals surface area contributed by atoms with E-state index in [1.165, 1.54) is 28.8 Å². The number of rotatable bonds is 6. The second-order valence-corrected chi connectivity index (χ2v) is 7.79. The smallest absolute Gasteiger partial charge is 0.238 e. The highest BCUT2D eigenvalue weighted by molar-refractivity contribution is 5.92. The van der Waals surface area contributed by atoms with Crippen LogP contribution in [-0.4, -0.2) is 50.7 Å². The summed E-state index contributed by atoms with van der Waals surface area (Å²) in [6.45, 7) is 4.49. The molecule has 28 heavy (non-hydrogen) atoms. The SMILES string of the molecule is CN(CC(=O)Nc1ccc2c(c1)CCC2)Cc1ccccc1N1CCOCC1. The summed E-state index contributed by atoms with van der Waals surface area (Å²) in [5.41, 5.74) is 6.21. The van der Waals surface area contributed by atoms with Crippen molar-refractivity contribution in [3.63, 3.8) is 0 Å². The highest BCUT2D eigenvalue weighted by Gasteiger charge is 2.17. The van der Waals surface area contributed by atoms with Gasteiger partial charge in [-0.2, -0.15) is 0 Å². The van der Waals surface area contributed by atoms with E-state index in [4.69, 9.17) is 4.74 Å². The Morgan fingerprint density at radius 1 is 1.11 bits per heavy atom. The molecule has 0 aromatic heterocycles. The minimum Gasteiger partial charge on any atom is -0.378 e. The van der Waals surface area contributed by atoms with Crippen LogP contribution in [0.4, 0.5) is 11.4 Å². The number of para-hydroxylation sites is 1. The Morgan fingerprint density at radius 2 is 1.89 bits per heavy atom. The average Bonchev–Trinajstić information content (AvgIpc) is 3.16. The molecule has 0 bridgehead atoms. The number of likely N-dealkylation sites (N-methyl/N-ethyl adjacent to an activating group) is 1. The zero-order valence-electron chi connectivity index (χ0n) is 16.6. The summed E-state index contributed by atoms with van der Waals surface area (Å²) in [5.74, 6) is 0.0318. The van der Waals surface area contributed by atoms with Gasteiger partial charge in [-0.25, -0.2) is 0 Å². The minimum atomic E-state index is 0.0318. The summed E-state index contributed by atoms with van der Waals surface area (Å²) < 4.78 is 5.47. The van der Waals surface area contributed by atoms with Crippen molar-refractivity contribution >= 4 is 17.3 Å². The van der Waals surface area contributed by atoms with Crippen molar-refractivity contribution in [2.75, 3.05) is 50.1 Å². The molecule has 1 saturated heterocycles. The molecule has 2 aromatic carbocycles. The second-order valence-electron chi connectivity index (χ2n) is 7.79. The van der Waals surface area contributed by atoms with E-state index in [1.807, 2.05) is 13.1 Å². The van der Waals surface area contributed by atoms with Gasteiger partial charge in [0, 0.05) is 31.0 Å². The number of morpholine rings is 1. The molecule has 5 heteroatoms. The first-order chi connectivity index (χ1) is 13.7. The molecule has 4 rings (SSSR count). The molecule has 0 atom stereocenters. The van der Waals surface area contributed by atoms with Gasteiger partial charge in [0.1, 0.15) is 0 Å². The molecule has 0 unspecified atom stereocenters. The highest BCUT2D eigenvalue weighted by Crippen LogP contribution is 2.25. The Balaban J connectivity index is 1.35. The molecular weight excluding hydrogens is 350 g/mol. The fourth-order valence-electron chi connectivity index (χ4n) is 4.20. The van der Waals surface area contributed by atoms with Gasteiger partial charge in [0.2, 0.25) is 5.91 Å². The van der Waals surface area contributed by atoms with Crippen molar-refractivity contribution in [1.29, 1.82) is 0 Å². The van der Waals surface area contributed by atoms with Crippen molar-refractivity contribution in [3.05, 3.63) is 59.2 Å². The molecule has 1 fully saturated rings. The Morgan fingerprint density at radius 3 is 2.75 bits per heavy atom. The maximum atomic E-state index is 12.5. The van der Waals surface area contributed by atoms with Gasteiger partial charge in [-0.05, 0) is 61.2 Å². The normalized spacial score (nSPS) is 16.3. The summed E-state index contributed by atoms with van der Waals surface area (Å²) in [6, 6.07) is 14.8. The zero-order chi connectivity index (χ0) is 19.3. The van der Waals surface area contributed by atoms with Crippen molar-refractivity contribution in [1.82, 2.24) is 4.90 Å². The summed E-state index contributed by atoms with van der Waals surface area (Å²) >= 11 is 0. The summed E-state index contributed by atoms with van der Waals surface area (Å²) in [6.07, 6.45) is 3.50. The number of anilines is 2. The third-order valence-electron chi connectivity index (χ3n) is 5.58. The molecule has 1 amide bonds. The monoisotopic (exact) mass is 379 g/mol. The van der Waals surface area contributed by atoms with Crippen LogP contribution in [0.1, 0.15) is 23.1 Å². The summed E-state index contributed by atoms with van der Waals surface area (Å²) in [7, 11) is 2.00. The predicted octanol–water partition coefficient (Wildman–Crippen LogP) is 3.08. The lowest BCUT2D eigenvalue weighted by Gasteiger charge is -2.31. The lowest BCUT2D eigenvalue weighted by molar-refractivity contribution is -0.117. The quantitative estimate of drug-likeness (QED) is 0.838. The highest BCUT2D eigenvalue weighted by atomic mass is 16.5. The van der Waals surface area contributed by atoms with Gasteiger partial charge in [-0.1, -0.05) is 24.3 Å². The van der Waals surface area contributed by atoms with Gasteiger partial charge in [0.05, 0.1) is 19.8 Å². The van der Waals surface area contributed by atoms with Crippen molar-refractivity contribution in [2.45, 2.75) is 25.8 Å². The molecule has 1 heterocycles. The van der Waals surface area contributed by atoms with Crippen molar-refractivity contribution < 1.29 is 9.53 Å². The first kappa shape index (κ1) is 19.0. The van der Waals surface area contributed by atoms with Crippen LogP contribution in [-0.2, 0) is 28.9 Å². The summed E-state index contributed by atoms with van der Waals surface area (Å²) in [5, 5.41) is 3.06. The van der Waals surface area contributed by atoms with Crippen LogP contribution in [0.3, 0.4) is 0 Å². The van der Waals surface area contributed by atoms with Crippen LogP contribution in [0.25, 0.3) is 0 Å². The summed E-state index contributed by atoms with van der Waals surface area (Å²) in [4.78, 5) is 17.0. The number of carbonyl (C=O) groups excluding carboxylic acids is 1. The fourth-order valence-corrected chi connectivity index (χ4v) is 4.20. The van der Waals surface area contributed by atoms with E-state index in [0.29, 0.717) is 6.54 Å². The number of fused-ring (bicyclic) bond motifs is 1. The molecule has 2 aliphatic rings. The number of ether oxygens (including phenoxy) is 1. The Kier molecular flexibility index (Phi) is 5.93. The number of carbonyl (C=O) groups is 1. The number of hydrogen-bond donors (Lipinski definition) is 1. The van der Waals surface area contributed by atoms with Gasteiger partial charge in [0.15, 0.2) is 0 Å². The van der Waals surface area contributed by atoms with E-state index in [2.05, 4.69) is 51.5 Å². The van der Waals surface area contributed by atoms with Crippen LogP contribution in [0.2, 0.25) is 0 Å². The largest absolute Gasteiger partial charge is 0.378 e. The van der Waals surface area contributed by atoms with Gasteiger partial charge in [-0.3, -0.25) is 9.69 Å². The first-order valence-electron chi connectivity index (χ1n) is 10.2. The second kappa shape index (κ2) is 8.76. The fraction of sp³-hybridized carbons (Fsp3) is 0.435. The maximum absolute atomic E-state index is 12.5. The van der Waals surface area contributed by atoms with Gasteiger partial charge in [0.25, 0.3) is 0 Å². The molecule has 1 N–H and O–H groups in total. The molecule has 1 aliphatic heterocycles. The van der Waals surface area contributed by atoms with E-state index in [-0.39, 0.29) is 5.91 Å². The Labute approximate surface area is 167 Å². The van der Waals surface area contributed by atoms with E-state index < -0.39 is 0 Å². The number of amides is 1. The minimum absolute atomic E-state index is 0.0318. The molecule has 0 saturated carbocycles. The molecule has 2 aromatic rings. The molecule has 1 aliphatic carbocycles. The number of benzene rings is 2. The van der Waals surface area contributed by atoms with Crippen LogP contribution in [0.5, 0.6) is 0 Å². The van der Waals surface area contributed by atoms with E-state index in [1.54, 1.807) is 0 Å². The van der Waals surface area contributed by atoms with Gasteiger partial charge in [-0.15, -0.1) is 0 Å². The predicted molar refractivity (Wildman–Crippen MR) is 113 cm³/mol. The van der Waals surface area contributed by atoms with Gasteiger partial charge < -0.3 is 15.0 Å². The molecule has 0 spiro atoms. The van der Waals surface area contributed by atoms with Gasteiger partial charge >= 0.3 is 0 Å². The first-order valence-corrected chi connectivity index (χ1v) is 10.2. The number of hydrogen-bond acceptors (Lipinski definition) is 4. The number of nitrogens with one attached hydrogen (secondary N) is 1. The lowest BCUT2D eigenvalue weighted by Crippen LogP contribution is -2.37. The number of nitrogens with zero attached hydrogens (tertiary/aromatic N) is 2. The van der Waals surface area contributed by atoms with Crippen LogP contribution in [0, 0.1) is 0 Å². The van der Waals surface area contributed by atoms with Crippen LogP contribution >= 0.6 is 0 Å². The molecule has 0 radical (unpaired) electrons. The average molecular weight is 380 g/mol. The zero-order valence-corrected chi connectivity index (χ0v) is 16.6. The molecule has 148 valence electrons. The van der Waals surface area contributed by atoms with Crippen molar-refractivity contribution in [3.8, 4) is 0 Å². The lowest BCUT2D eigenvalue weighted by atomic mass is 10.1. The molecule has 5 nitrogen and oxygen atoms in total. The Bertz CT molecular complexity index is 830. The van der Waals surface area contributed by atoms with Crippen LogP contribution < -0.4 is 10.2 Å². The standard InChI is InChI=1S/C23H29N3O2/c1-25(16-20-5-2-3-8-22(20)26-11-13-28-14-12-26)17-23(27)24-21-10-9-18-6-4-7-19(18)15-21/h2-3,5,8-10,15H,4,6-7,11-14,16-17H2,1H3,(H,24,27). The number of aryl methyl sites for hydroxylation is 2. The maximum Gasteiger partial charge on any atom is 0.238 e. The van der Waals surface area contributed by atoms with Crippen molar-refractivity contribution in [2.24, 2.45) is 0 Å². The van der Waals surface area contributed by atoms with E-state index >= 15 is 0 Å². The third kappa shape index (κ3) is 4.54. The topological polar surface area (TPSA) is 44.8 Å². The van der Waals surface area contributed by atoms with E-state index in [9.17, 15) is 4.79 Å². The van der Waals surface area contributed by atoms with E-state index in [0.717, 1.165) is 51.4 Å². The van der Waals surface area contributed by atoms with Crippen LogP contribution in [0.15, 0.2) is 42.5 Å².